The zero-order valence-electron chi connectivity index (χ0n) is 12.7. The van der Waals surface area contributed by atoms with Gasteiger partial charge in [0.05, 0.1) is 0 Å². The van der Waals surface area contributed by atoms with Gasteiger partial charge in [-0.05, 0) is 38.6 Å². The maximum Gasteiger partial charge on any atom is 0.320 e. The quantitative estimate of drug-likeness (QED) is 0.774. The molecule has 6 nitrogen and oxygen atoms in total. The molecule has 2 heterocycles. The van der Waals surface area contributed by atoms with E-state index in [-0.39, 0.29) is 6.03 Å². The summed E-state index contributed by atoms with van der Waals surface area (Å²) >= 11 is 0. The Morgan fingerprint density at radius 3 is 2.76 bits per heavy atom. The highest BCUT2D eigenvalue weighted by atomic mass is 16.2. The summed E-state index contributed by atoms with van der Waals surface area (Å²) in [5.74, 6) is 0.576. The Morgan fingerprint density at radius 2 is 2.05 bits per heavy atom. The molecule has 0 spiro atoms. The normalized spacial score (nSPS) is 16.6. The van der Waals surface area contributed by atoms with E-state index in [9.17, 15) is 4.79 Å². The van der Waals surface area contributed by atoms with Crippen LogP contribution in [0, 0.1) is 0 Å². The van der Waals surface area contributed by atoms with Crippen LogP contribution in [0.15, 0.2) is 24.4 Å². The molecule has 0 bridgehead atoms. The van der Waals surface area contributed by atoms with Gasteiger partial charge in [-0.25, -0.2) is 9.78 Å². The Balaban J connectivity index is 1.50. The van der Waals surface area contributed by atoms with Crippen molar-refractivity contribution in [2.75, 3.05) is 51.6 Å². The lowest BCUT2D eigenvalue weighted by Gasteiger charge is -2.32. The zero-order valence-corrected chi connectivity index (χ0v) is 12.7. The molecule has 0 radical (unpaired) electrons. The number of pyridine rings is 1. The molecule has 116 valence electrons. The van der Waals surface area contributed by atoms with E-state index in [0.717, 1.165) is 45.6 Å². The number of amides is 2. The molecule has 1 saturated heterocycles. The van der Waals surface area contributed by atoms with Gasteiger partial charge in [-0.3, -0.25) is 5.32 Å². The second-order valence-electron chi connectivity index (χ2n) is 5.45. The van der Waals surface area contributed by atoms with Crippen LogP contribution >= 0.6 is 0 Å². The molecular weight excluding hydrogens is 266 g/mol. The number of aromatic nitrogens is 1. The highest BCUT2D eigenvalue weighted by molar-refractivity contribution is 5.88. The number of hydrogen-bond donors (Lipinski definition) is 2. The molecule has 2 rings (SSSR count). The largest absolute Gasteiger partial charge is 0.338 e. The van der Waals surface area contributed by atoms with Crippen LogP contribution in [0.2, 0.25) is 0 Å². The first-order valence-corrected chi connectivity index (χ1v) is 7.61. The zero-order chi connectivity index (χ0) is 14.9. The van der Waals surface area contributed by atoms with E-state index in [0.29, 0.717) is 12.4 Å². The number of nitrogens with zero attached hydrogens (tertiary/aromatic N) is 3. The Morgan fingerprint density at radius 1 is 1.24 bits per heavy atom. The minimum atomic E-state index is -0.187. The topological polar surface area (TPSA) is 60.5 Å². The molecule has 1 aliphatic heterocycles. The molecule has 0 unspecified atom stereocenters. The first-order valence-electron chi connectivity index (χ1n) is 7.61. The minimum absolute atomic E-state index is 0.187. The molecule has 0 aliphatic carbocycles. The highest BCUT2D eigenvalue weighted by Crippen LogP contribution is 2.02. The number of piperazine rings is 1. The minimum Gasteiger partial charge on any atom is -0.338 e. The number of nitrogens with one attached hydrogen (secondary N) is 2. The van der Waals surface area contributed by atoms with Gasteiger partial charge in [0.25, 0.3) is 0 Å². The number of hydrogen-bond acceptors (Lipinski definition) is 4. The summed E-state index contributed by atoms with van der Waals surface area (Å²) < 4.78 is 0. The van der Waals surface area contributed by atoms with Crippen LogP contribution in [0.3, 0.4) is 0 Å². The molecule has 0 atom stereocenters. The fourth-order valence-electron chi connectivity index (χ4n) is 2.33. The van der Waals surface area contributed by atoms with E-state index in [1.807, 2.05) is 12.1 Å². The SMILES string of the molecule is CN1CCN(CCCCNC(=O)Nc2ccccn2)CC1. The lowest BCUT2D eigenvalue weighted by Crippen LogP contribution is -2.44. The van der Waals surface area contributed by atoms with E-state index < -0.39 is 0 Å². The predicted molar refractivity (Wildman–Crippen MR) is 84.4 cm³/mol. The van der Waals surface area contributed by atoms with Crippen LogP contribution in [0.25, 0.3) is 0 Å². The average molecular weight is 291 g/mol. The molecule has 1 fully saturated rings. The van der Waals surface area contributed by atoms with E-state index >= 15 is 0 Å². The fraction of sp³-hybridized carbons (Fsp3) is 0.600. The standard InChI is InChI=1S/C15H25N5O/c1-19-10-12-20(13-11-19)9-5-4-8-17-15(21)18-14-6-2-3-7-16-14/h2-3,6-7H,4-5,8-13H2,1H3,(H2,16,17,18,21). The third kappa shape index (κ3) is 6.10. The molecule has 1 aromatic rings. The maximum absolute atomic E-state index is 11.6. The predicted octanol–water partition coefficient (Wildman–Crippen LogP) is 1.23. The first-order chi connectivity index (χ1) is 10.2. The van der Waals surface area contributed by atoms with Crippen LogP contribution in [0.1, 0.15) is 12.8 Å². The number of carbonyl (C=O) groups is 1. The molecule has 2 N–H and O–H groups in total. The lowest BCUT2D eigenvalue weighted by molar-refractivity contribution is 0.152. The van der Waals surface area contributed by atoms with Gasteiger partial charge >= 0.3 is 6.03 Å². The second kappa shape index (κ2) is 8.59. The van der Waals surface area contributed by atoms with Gasteiger partial charge in [-0.1, -0.05) is 6.07 Å². The van der Waals surface area contributed by atoms with Crippen LogP contribution in [0.4, 0.5) is 10.6 Å². The van der Waals surface area contributed by atoms with Gasteiger partial charge in [0.2, 0.25) is 0 Å². The first kappa shape index (κ1) is 15.7. The van der Waals surface area contributed by atoms with Crippen LogP contribution < -0.4 is 10.6 Å². The van der Waals surface area contributed by atoms with Crippen molar-refractivity contribution in [1.29, 1.82) is 0 Å². The molecule has 0 aromatic carbocycles. The van der Waals surface area contributed by atoms with E-state index in [2.05, 4.69) is 32.5 Å². The van der Waals surface area contributed by atoms with Crippen molar-refractivity contribution in [3.8, 4) is 0 Å². The van der Waals surface area contributed by atoms with Crippen molar-refractivity contribution in [2.45, 2.75) is 12.8 Å². The third-order valence-corrected chi connectivity index (χ3v) is 3.69. The fourth-order valence-corrected chi connectivity index (χ4v) is 2.33. The van der Waals surface area contributed by atoms with Gasteiger partial charge in [-0.15, -0.1) is 0 Å². The molecule has 6 heteroatoms. The van der Waals surface area contributed by atoms with Gasteiger partial charge in [-0.2, -0.15) is 0 Å². The summed E-state index contributed by atoms with van der Waals surface area (Å²) in [5, 5.41) is 5.57. The number of likely N-dealkylation sites (N-methyl/N-ethyl adjacent to an activating group) is 1. The van der Waals surface area contributed by atoms with Crippen molar-refractivity contribution in [2.24, 2.45) is 0 Å². The molecule has 21 heavy (non-hydrogen) atoms. The monoisotopic (exact) mass is 291 g/mol. The highest BCUT2D eigenvalue weighted by Gasteiger charge is 2.12. The number of anilines is 1. The molecule has 2 amide bonds. The van der Waals surface area contributed by atoms with Crippen molar-refractivity contribution in [3.63, 3.8) is 0 Å². The third-order valence-electron chi connectivity index (χ3n) is 3.69. The summed E-state index contributed by atoms with van der Waals surface area (Å²) in [7, 11) is 2.17. The van der Waals surface area contributed by atoms with Gasteiger partial charge in [0.15, 0.2) is 0 Å². The molecule has 0 saturated carbocycles. The average Bonchev–Trinajstić information content (AvgIpc) is 2.50. The van der Waals surface area contributed by atoms with Crippen LogP contribution in [0.5, 0.6) is 0 Å². The number of carbonyl (C=O) groups excluding carboxylic acids is 1. The van der Waals surface area contributed by atoms with Gasteiger partial charge < -0.3 is 15.1 Å². The summed E-state index contributed by atoms with van der Waals surface area (Å²) in [4.78, 5) is 20.5. The Kier molecular flexibility index (Phi) is 6.43. The molecule has 1 aromatic heterocycles. The Labute approximate surface area is 126 Å². The van der Waals surface area contributed by atoms with Crippen molar-refractivity contribution in [3.05, 3.63) is 24.4 Å². The summed E-state index contributed by atoms with van der Waals surface area (Å²) in [6.45, 7) is 6.45. The Hall–Kier alpha value is -1.66. The Bertz CT molecular complexity index is 417. The second-order valence-corrected chi connectivity index (χ2v) is 5.45. The van der Waals surface area contributed by atoms with Gasteiger partial charge in [0, 0.05) is 38.9 Å². The molecule has 1 aliphatic rings. The smallest absolute Gasteiger partial charge is 0.320 e. The van der Waals surface area contributed by atoms with Crippen molar-refractivity contribution in [1.82, 2.24) is 20.1 Å². The van der Waals surface area contributed by atoms with E-state index in [1.54, 1.807) is 12.3 Å². The summed E-state index contributed by atoms with van der Waals surface area (Å²) in [6.07, 6.45) is 3.78. The molecular formula is C15H25N5O. The summed E-state index contributed by atoms with van der Waals surface area (Å²) in [6, 6.07) is 5.25. The summed E-state index contributed by atoms with van der Waals surface area (Å²) in [5.41, 5.74) is 0. The van der Waals surface area contributed by atoms with Crippen LogP contribution in [-0.2, 0) is 0 Å². The number of unbranched alkanes of at least 4 members (excludes halogenated alkanes) is 1. The van der Waals surface area contributed by atoms with Crippen LogP contribution in [-0.4, -0.2) is 67.1 Å². The van der Waals surface area contributed by atoms with E-state index in [4.69, 9.17) is 0 Å². The van der Waals surface area contributed by atoms with Crippen molar-refractivity contribution < 1.29 is 4.79 Å². The maximum atomic E-state index is 11.6. The number of rotatable bonds is 6. The van der Waals surface area contributed by atoms with E-state index in [1.165, 1.54) is 0 Å². The number of urea groups is 1. The lowest BCUT2D eigenvalue weighted by atomic mass is 10.2. The van der Waals surface area contributed by atoms with Gasteiger partial charge in [0.1, 0.15) is 5.82 Å². The van der Waals surface area contributed by atoms with Crippen molar-refractivity contribution >= 4 is 11.8 Å².